The van der Waals surface area contributed by atoms with Crippen molar-refractivity contribution in [3.8, 4) is 21.9 Å². The molecule has 0 aliphatic carbocycles. The highest BCUT2D eigenvalue weighted by molar-refractivity contribution is 7.92. The normalized spacial score (nSPS) is 11.3. The number of anilines is 2. The van der Waals surface area contributed by atoms with E-state index in [0.717, 1.165) is 10.6 Å². The molecule has 3 aromatic rings. The highest BCUT2D eigenvalue weighted by Crippen LogP contribution is 2.36. The molecule has 0 aliphatic rings. The molecule has 26 heavy (non-hydrogen) atoms. The summed E-state index contributed by atoms with van der Waals surface area (Å²) in [6.07, 6.45) is 0. The summed E-state index contributed by atoms with van der Waals surface area (Å²) in [5.41, 5.74) is 7.39. The van der Waals surface area contributed by atoms with Crippen LogP contribution in [0.25, 0.3) is 10.4 Å². The van der Waals surface area contributed by atoms with Gasteiger partial charge in [-0.05, 0) is 42.8 Å². The average molecular weight is 391 g/mol. The van der Waals surface area contributed by atoms with Crippen LogP contribution in [0.1, 0.15) is 5.69 Å². The zero-order valence-electron chi connectivity index (χ0n) is 14.1. The molecule has 7 nitrogen and oxygen atoms in total. The van der Waals surface area contributed by atoms with Gasteiger partial charge in [0.1, 0.15) is 16.4 Å². The number of ether oxygens (including phenoxy) is 1. The third kappa shape index (κ3) is 3.58. The fourth-order valence-corrected chi connectivity index (χ4v) is 4.57. The highest BCUT2D eigenvalue weighted by atomic mass is 32.2. The van der Waals surface area contributed by atoms with Gasteiger partial charge in [0.2, 0.25) is 0 Å². The molecular weight excluding hydrogens is 374 g/mol. The van der Waals surface area contributed by atoms with Crippen LogP contribution in [0, 0.1) is 6.92 Å². The Morgan fingerprint density at radius 2 is 2.00 bits per heavy atom. The quantitative estimate of drug-likeness (QED) is 0.615. The number of nitrogen functional groups attached to an aromatic ring is 1. The van der Waals surface area contributed by atoms with Crippen molar-refractivity contribution >= 4 is 32.2 Å². The number of sulfonamides is 1. The van der Waals surface area contributed by atoms with Gasteiger partial charge in [-0.2, -0.15) is 0 Å². The molecule has 0 amide bonds. The molecule has 0 radical (unpaired) electrons. The average Bonchev–Trinajstić information content (AvgIpc) is 2.92. The number of phenolic OH excluding ortho intramolecular Hbond substituents is 1. The van der Waals surface area contributed by atoms with Crippen molar-refractivity contribution in [2.24, 2.45) is 0 Å². The molecule has 0 atom stereocenters. The van der Waals surface area contributed by atoms with Crippen LogP contribution in [-0.4, -0.2) is 25.6 Å². The third-order valence-corrected chi connectivity index (χ3v) is 6.06. The van der Waals surface area contributed by atoms with E-state index in [1.54, 1.807) is 24.3 Å². The number of aryl methyl sites for hydroxylation is 1. The van der Waals surface area contributed by atoms with Crippen molar-refractivity contribution in [3.63, 3.8) is 0 Å². The van der Waals surface area contributed by atoms with E-state index in [9.17, 15) is 13.5 Å². The van der Waals surface area contributed by atoms with Gasteiger partial charge in [0, 0.05) is 6.07 Å². The number of hydrogen-bond acceptors (Lipinski definition) is 7. The lowest BCUT2D eigenvalue weighted by molar-refractivity contribution is 0.403. The molecular formula is C17H17N3O4S2. The fraction of sp³-hybridized carbons (Fsp3) is 0.118. The zero-order valence-corrected chi connectivity index (χ0v) is 15.7. The standard InChI is InChI=1S/C17H17N3O4S2/c1-10-16(25-17(18)19-10)11-6-7-14(24-2)15(8-11)26(22,23)20-12-4-3-5-13(21)9-12/h3-9,20-21H,1-2H3,(H2,18,19). The lowest BCUT2D eigenvalue weighted by atomic mass is 10.1. The molecule has 136 valence electrons. The van der Waals surface area contributed by atoms with E-state index >= 15 is 0 Å². The summed E-state index contributed by atoms with van der Waals surface area (Å²) in [4.78, 5) is 4.94. The molecule has 0 spiro atoms. The number of nitrogens with zero attached hydrogens (tertiary/aromatic N) is 1. The van der Waals surface area contributed by atoms with Gasteiger partial charge in [0.25, 0.3) is 10.0 Å². The van der Waals surface area contributed by atoms with Gasteiger partial charge in [-0.25, -0.2) is 13.4 Å². The minimum Gasteiger partial charge on any atom is -0.508 e. The number of thiazole rings is 1. The first-order valence-corrected chi connectivity index (χ1v) is 9.83. The first kappa shape index (κ1) is 18.0. The maximum Gasteiger partial charge on any atom is 0.265 e. The monoisotopic (exact) mass is 391 g/mol. The number of aromatic nitrogens is 1. The number of methoxy groups -OCH3 is 1. The van der Waals surface area contributed by atoms with Crippen LogP contribution in [0.15, 0.2) is 47.4 Å². The minimum atomic E-state index is -3.94. The van der Waals surface area contributed by atoms with Crippen LogP contribution in [0.4, 0.5) is 10.8 Å². The largest absolute Gasteiger partial charge is 0.508 e. The molecule has 3 rings (SSSR count). The van der Waals surface area contributed by atoms with Crippen molar-refractivity contribution in [3.05, 3.63) is 48.2 Å². The summed E-state index contributed by atoms with van der Waals surface area (Å²) in [7, 11) is -2.54. The Balaban J connectivity index is 2.07. The van der Waals surface area contributed by atoms with Crippen molar-refractivity contribution in [1.29, 1.82) is 0 Å². The summed E-state index contributed by atoms with van der Waals surface area (Å²) in [6, 6.07) is 10.7. The van der Waals surface area contributed by atoms with Crippen molar-refractivity contribution < 1.29 is 18.3 Å². The van der Waals surface area contributed by atoms with Crippen LogP contribution in [0.3, 0.4) is 0 Å². The van der Waals surface area contributed by atoms with Crippen molar-refractivity contribution in [2.75, 3.05) is 17.6 Å². The topological polar surface area (TPSA) is 115 Å². The van der Waals surface area contributed by atoms with E-state index in [4.69, 9.17) is 10.5 Å². The summed E-state index contributed by atoms with van der Waals surface area (Å²) in [5, 5.41) is 9.94. The Kier molecular flexibility index (Phi) is 4.75. The molecule has 9 heteroatoms. The van der Waals surface area contributed by atoms with Crippen LogP contribution in [-0.2, 0) is 10.0 Å². The van der Waals surface area contributed by atoms with Crippen molar-refractivity contribution in [2.45, 2.75) is 11.8 Å². The summed E-state index contributed by atoms with van der Waals surface area (Å²) in [5.74, 6) is 0.165. The number of benzene rings is 2. The van der Waals surface area contributed by atoms with Crippen LogP contribution >= 0.6 is 11.3 Å². The number of nitrogens with two attached hydrogens (primary N) is 1. The fourth-order valence-electron chi connectivity index (χ4n) is 2.49. The van der Waals surface area contributed by atoms with Crippen LogP contribution < -0.4 is 15.2 Å². The second-order valence-electron chi connectivity index (χ2n) is 5.49. The predicted molar refractivity (Wildman–Crippen MR) is 102 cm³/mol. The Bertz CT molecular complexity index is 1060. The molecule has 0 saturated carbocycles. The Labute approximate surface area is 155 Å². The summed E-state index contributed by atoms with van der Waals surface area (Å²) >= 11 is 1.28. The van der Waals surface area contributed by atoms with Crippen molar-refractivity contribution in [1.82, 2.24) is 4.98 Å². The van der Waals surface area contributed by atoms with Gasteiger partial charge in [-0.15, -0.1) is 0 Å². The maximum atomic E-state index is 12.9. The SMILES string of the molecule is COc1ccc(-c2sc(N)nc2C)cc1S(=O)(=O)Nc1cccc(O)c1. The smallest absolute Gasteiger partial charge is 0.265 e. The van der Waals surface area contributed by atoms with Crippen LogP contribution in [0.2, 0.25) is 0 Å². The lowest BCUT2D eigenvalue weighted by Crippen LogP contribution is -2.14. The van der Waals surface area contributed by atoms with E-state index in [2.05, 4.69) is 9.71 Å². The third-order valence-electron chi connectivity index (χ3n) is 3.63. The molecule has 4 N–H and O–H groups in total. The number of phenols is 1. The van der Waals surface area contributed by atoms with Gasteiger partial charge in [-0.1, -0.05) is 17.4 Å². The molecule has 1 heterocycles. The zero-order chi connectivity index (χ0) is 18.9. The molecule has 2 aromatic carbocycles. The summed E-state index contributed by atoms with van der Waals surface area (Å²) in [6.45, 7) is 1.81. The number of rotatable bonds is 5. The molecule has 0 unspecified atom stereocenters. The van der Waals surface area contributed by atoms with Gasteiger partial charge >= 0.3 is 0 Å². The number of nitrogens with one attached hydrogen (secondary N) is 1. The molecule has 0 fully saturated rings. The van der Waals surface area contributed by atoms with Gasteiger partial charge in [0.05, 0.1) is 23.4 Å². The van der Waals surface area contributed by atoms with E-state index in [1.165, 1.54) is 36.6 Å². The number of hydrogen-bond donors (Lipinski definition) is 3. The van der Waals surface area contributed by atoms with E-state index < -0.39 is 10.0 Å². The summed E-state index contributed by atoms with van der Waals surface area (Å²) < 4.78 is 33.4. The minimum absolute atomic E-state index is 0.0211. The van der Waals surface area contributed by atoms with Gasteiger partial charge in [0.15, 0.2) is 5.13 Å². The van der Waals surface area contributed by atoms with Gasteiger partial charge in [-0.3, -0.25) is 4.72 Å². The first-order valence-electron chi connectivity index (χ1n) is 7.53. The van der Waals surface area contributed by atoms with E-state index in [0.29, 0.717) is 10.7 Å². The predicted octanol–water partition coefficient (Wildman–Crippen LogP) is 3.22. The lowest BCUT2D eigenvalue weighted by Gasteiger charge is -2.13. The molecule has 0 aliphatic heterocycles. The Morgan fingerprint density at radius 1 is 1.23 bits per heavy atom. The molecule has 0 bridgehead atoms. The maximum absolute atomic E-state index is 12.9. The number of aromatic hydroxyl groups is 1. The molecule has 0 saturated heterocycles. The Morgan fingerprint density at radius 3 is 2.62 bits per heavy atom. The second-order valence-corrected chi connectivity index (χ2v) is 8.17. The highest BCUT2D eigenvalue weighted by Gasteiger charge is 2.22. The second kappa shape index (κ2) is 6.85. The molecule has 1 aromatic heterocycles. The van der Waals surface area contributed by atoms with Crippen LogP contribution in [0.5, 0.6) is 11.5 Å². The van der Waals surface area contributed by atoms with E-state index in [-0.39, 0.29) is 22.1 Å². The Hall–Kier alpha value is -2.78. The first-order chi connectivity index (χ1) is 12.3. The van der Waals surface area contributed by atoms with E-state index in [1.807, 2.05) is 6.92 Å². The van der Waals surface area contributed by atoms with Gasteiger partial charge < -0.3 is 15.6 Å².